The van der Waals surface area contributed by atoms with Crippen LogP contribution < -0.4 is 0 Å². The first-order chi connectivity index (χ1) is 8.76. The third-order valence-electron chi connectivity index (χ3n) is 3.25. The van der Waals surface area contributed by atoms with Crippen molar-refractivity contribution < 1.29 is 4.79 Å². The van der Waals surface area contributed by atoms with Crippen LogP contribution in [0.5, 0.6) is 0 Å². The van der Waals surface area contributed by atoms with Gasteiger partial charge in [-0.2, -0.15) is 5.26 Å². The first-order valence-corrected chi connectivity index (χ1v) is 7.33. The molecular formula is C14H16N2OS. The Bertz CT molecular complexity index is 464. The van der Waals surface area contributed by atoms with Gasteiger partial charge in [0.25, 0.3) is 5.91 Å². The number of benzene rings is 1. The minimum Gasteiger partial charge on any atom is -0.323 e. The van der Waals surface area contributed by atoms with Crippen LogP contribution in [0.1, 0.15) is 29.6 Å². The smallest absolute Gasteiger partial charge is 0.254 e. The molecule has 0 aliphatic carbocycles. The summed E-state index contributed by atoms with van der Waals surface area (Å²) in [4.78, 5) is 15.2. The van der Waals surface area contributed by atoms with E-state index in [1.54, 1.807) is 16.7 Å². The lowest BCUT2D eigenvalue weighted by molar-refractivity contribution is 0.0670. The fourth-order valence-corrected chi connectivity index (χ4v) is 2.62. The van der Waals surface area contributed by atoms with Gasteiger partial charge in [-0.3, -0.25) is 4.79 Å². The van der Waals surface area contributed by atoms with Crippen LogP contribution in [-0.2, 0) is 0 Å². The number of amides is 1. The van der Waals surface area contributed by atoms with Crippen LogP contribution in [0.2, 0.25) is 0 Å². The van der Waals surface area contributed by atoms with Gasteiger partial charge >= 0.3 is 0 Å². The molecule has 0 saturated carbocycles. The summed E-state index contributed by atoms with van der Waals surface area (Å²) in [5, 5.41) is 9.09. The van der Waals surface area contributed by atoms with E-state index in [-0.39, 0.29) is 11.9 Å². The fourth-order valence-electron chi connectivity index (χ4n) is 2.21. The molecule has 18 heavy (non-hydrogen) atoms. The number of likely N-dealkylation sites (tertiary alicyclic amines) is 1. The van der Waals surface area contributed by atoms with Gasteiger partial charge in [0.2, 0.25) is 0 Å². The minimum atomic E-state index is -0.258. The molecule has 1 unspecified atom stereocenters. The number of carbonyl (C=O) groups excluding carboxylic acids is 1. The van der Waals surface area contributed by atoms with Crippen LogP contribution >= 0.6 is 11.8 Å². The van der Waals surface area contributed by atoms with Crippen molar-refractivity contribution in [3.63, 3.8) is 0 Å². The van der Waals surface area contributed by atoms with Crippen molar-refractivity contribution in [2.45, 2.75) is 30.2 Å². The number of hydrogen-bond donors (Lipinski definition) is 0. The number of nitriles is 1. The van der Waals surface area contributed by atoms with Crippen molar-refractivity contribution in [3.05, 3.63) is 29.8 Å². The molecule has 3 nitrogen and oxygen atoms in total. The van der Waals surface area contributed by atoms with Crippen molar-refractivity contribution >= 4 is 17.7 Å². The molecule has 0 N–H and O–H groups in total. The van der Waals surface area contributed by atoms with Crippen molar-refractivity contribution in [2.75, 3.05) is 12.8 Å². The molecule has 94 valence electrons. The van der Waals surface area contributed by atoms with Gasteiger partial charge in [0.05, 0.1) is 6.07 Å². The Balaban J connectivity index is 2.16. The Hall–Kier alpha value is -1.47. The third kappa shape index (κ3) is 2.68. The highest BCUT2D eigenvalue weighted by atomic mass is 32.2. The summed E-state index contributed by atoms with van der Waals surface area (Å²) < 4.78 is 0. The highest BCUT2D eigenvalue weighted by molar-refractivity contribution is 7.98. The van der Waals surface area contributed by atoms with Gasteiger partial charge in [0, 0.05) is 17.0 Å². The maximum atomic E-state index is 12.3. The average molecular weight is 260 g/mol. The van der Waals surface area contributed by atoms with Crippen molar-refractivity contribution in [2.24, 2.45) is 0 Å². The highest BCUT2D eigenvalue weighted by Gasteiger charge is 2.27. The quantitative estimate of drug-likeness (QED) is 0.768. The lowest BCUT2D eigenvalue weighted by Gasteiger charge is -2.31. The molecule has 1 aliphatic heterocycles. The zero-order valence-corrected chi connectivity index (χ0v) is 11.2. The molecular weight excluding hydrogens is 244 g/mol. The van der Waals surface area contributed by atoms with Gasteiger partial charge in [-0.25, -0.2) is 0 Å². The zero-order valence-electron chi connectivity index (χ0n) is 10.4. The summed E-state index contributed by atoms with van der Waals surface area (Å²) in [5.41, 5.74) is 0.676. The molecule has 1 aliphatic rings. The Kier molecular flexibility index (Phi) is 4.27. The lowest BCUT2D eigenvalue weighted by atomic mass is 10.0. The molecule has 4 heteroatoms. The second kappa shape index (κ2) is 5.92. The minimum absolute atomic E-state index is 0.0195. The first kappa shape index (κ1) is 13.0. The van der Waals surface area contributed by atoms with Crippen LogP contribution in [0.4, 0.5) is 0 Å². The summed E-state index contributed by atoms with van der Waals surface area (Å²) in [6, 6.07) is 9.55. The number of rotatable bonds is 2. The summed E-state index contributed by atoms with van der Waals surface area (Å²) in [7, 11) is 0. The Morgan fingerprint density at radius 3 is 2.72 bits per heavy atom. The van der Waals surface area contributed by atoms with E-state index < -0.39 is 0 Å². The van der Waals surface area contributed by atoms with E-state index in [2.05, 4.69) is 6.07 Å². The lowest BCUT2D eigenvalue weighted by Crippen LogP contribution is -2.42. The molecule has 0 spiro atoms. The van der Waals surface area contributed by atoms with Gasteiger partial charge in [0.1, 0.15) is 6.04 Å². The molecule has 1 aromatic rings. The summed E-state index contributed by atoms with van der Waals surface area (Å²) in [5.74, 6) is -0.0195. The summed E-state index contributed by atoms with van der Waals surface area (Å²) in [6.45, 7) is 0.696. The number of nitrogens with zero attached hydrogens (tertiary/aromatic N) is 2. The summed E-state index contributed by atoms with van der Waals surface area (Å²) >= 11 is 1.65. The summed E-state index contributed by atoms with van der Waals surface area (Å²) in [6.07, 6.45) is 4.83. The zero-order chi connectivity index (χ0) is 13.0. The number of carbonyl (C=O) groups is 1. The van der Waals surface area contributed by atoms with Crippen LogP contribution in [-0.4, -0.2) is 29.6 Å². The number of hydrogen-bond acceptors (Lipinski definition) is 3. The Morgan fingerprint density at radius 2 is 2.11 bits per heavy atom. The molecule has 0 bridgehead atoms. The number of piperidine rings is 1. The van der Waals surface area contributed by atoms with Gasteiger partial charge in [-0.05, 0) is 49.8 Å². The topological polar surface area (TPSA) is 44.1 Å². The molecule has 0 aromatic heterocycles. The van der Waals surface area contributed by atoms with Gasteiger partial charge in [0.15, 0.2) is 0 Å². The predicted octanol–water partition coefficient (Wildman–Crippen LogP) is 2.93. The average Bonchev–Trinajstić information content (AvgIpc) is 2.46. The van der Waals surface area contributed by atoms with Gasteiger partial charge in [-0.1, -0.05) is 0 Å². The van der Waals surface area contributed by atoms with Crippen LogP contribution in [0, 0.1) is 11.3 Å². The van der Waals surface area contributed by atoms with E-state index in [4.69, 9.17) is 5.26 Å². The van der Waals surface area contributed by atoms with Crippen molar-refractivity contribution in [1.82, 2.24) is 4.90 Å². The largest absolute Gasteiger partial charge is 0.323 e. The SMILES string of the molecule is CSc1ccc(C(=O)N2CCCCC2C#N)cc1. The molecule has 1 fully saturated rings. The maximum Gasteiger partial charge on any atom is 0.254 e. The maximum absolute atomic E-state index is 12.3. The molecule has 2 rings (SSSR count). The molecule has 0 radical (unpaired) electrons. The van der Waals surface area contributed by atoms with Gasteiger partial charge < -0.3 is 4.90 Å². The Morgan fingerprint density at radius 1 is 1.39 bits per heavy atom. The third-order valence-corrected chi connectivity index (χ3v) is 3.99. The van der Waals surface area contributed by atoms with E-state index in [0.29, 0.717) is 12.1 Å². The monoisotopic (exact) mass is 260 g/mol. The molecule has 1 atom stereocenters. The second-order valence-electron chi connectivity index (χ2n) is 4.37. The standard InChI is InChI=1S/C14H16N2OS/c1-18-13-7-5-11(6-8-13)14(17)16-9-3-2-4-12(16)10-15/h5-8,12H,2-4,9H2,1H3. The number of thioether (sulfide) groups is 1. The normalized spacial score (nSPS) is 19.3. The molecule has 1 aromatic carbocycles. The van der Waals surface area contributed by atoms with Crippen molar-refractivity contribution in [1.29, 1.82) is 5.26 Å². The van der Waals surface area contributed by atoms with E-state index >= 15 is 0 Å². The van der Waals surface area contributed by atoms with E-state index in [1.807, 2.05) is 30.5 Å². The van der Waals surface area contributed by atoms with Crippen molar-refractivity contribution in [3.8, 4) is 6.07 Å². The molecule has 1 saturated heterocycles. The van der Waals surface area contributed by atoms with Crippen LogP contribution in [0.25, 0.3) is 0 Å². The highest BCUT2D eigenvalue weighted by Crippen LogP contribution is 2.21. The fraction of sp³-hybridized carbons (Fsp3) is 0.429. The Labute approximate surface area is 112 Å². The first-order valence-electron chi connectivity index (χ1n) is 6.11. The van der Waals surface area contributed by atoms with E-state index in [9.17, 15) is 4.79 Å². The molecule has 1 amide bonds. The van der Waals surface area contributed by atoms with E-state index in [1.165, 1.54) is 0 Å². The second-order valence-corrected chi connectivity index (χ2v) is 5.25. The van der Waals surface area contributed by atoms with Crippen LogP contribution in [0.15, 0.2) is 29.2 Å². The molecule has 1 heterocycles. The van der Waals surface area contributed by atoms with E-state index in [0.717, 1.165) is 24.2 Å². The van der Waals surface area contributed by atoms with Crippen LogP contribution in [0.3, 0.4) is 0 Å². The van der Waals surface area contributed by atoms with Gasteiger partial charge in [-0.15, -0.1) is 11.8 Å². The predicted molar refractivity (Wildman–Crippen MR) is 72.5 cm³/mol.